The number of halogens is 1. The monoisotopic (exact) mass is 382 g/mol. The molecule has 2 aliphatic rings. The van der Waals surface area contributed by atoms with Crippen LogP contribution in [0.25, 0.3) is 0 Å². The number of carbonyl (C=O) groups is 1. The summed E-state index contributed by atoms with van der Waals surface area (Å²) in [6.45, 7) is 0. The first-order valence-corrected chi connectivity index (χ1v) is 9.44. The van der Waals surface area contributed by atoms with Gasteiger partial charge in [-0.2, -0.15) is 5.26 Å². The molecular weight excluding hydrogens is 368 g/mol. The van der Waals surface area contributed by atoms with Crippen LogP contribution in [0.4, 0.5) is 0 Å². The number of fused-ring (bicyclic) bond motifs is 2. The van der Waals surface area contributed by atoms with Gasteiger partial charge in [-0.05, 0) is 65.2 Å². The molecule has 0 heterocycles. The van der Waals surface area contributed by atoms with E-state index < -0.39 is 15.9 Å². The molecule has 0 aromatic heterocycles. The van der Waals surface area contributed by atoms with Gasteiger partial charge in [0, 0.05) is 10.4 Å². The van der Waals surface area contributed by atoms with E-state index in [0.29, 0.717) is 21.9 Å². The van der Waals surface area contributed by atoms with Crippen molar-refractivity contribution in [3.8, 4) is 6.07 Å². The predicted octanol–water partition coefficient (Wildman–Crippen LogP) is 2.56. The van der Waals surface area contributed by atoms with Gasteiger partial charge in [0.2, 0.25) is 5.91 Å². The SMILES string of the molecule is N#Cc1ccc(S(=O)(=O)NC(=O)C2CC3CCC2C3)cc1Br. The van der Waals surface area contributed by atoms with Crippen molar-refractivity contribution < 1.29 is 13.2 Å². The number of sulfonamides is 1. The summed E-state index contributed by atoms with van der Waals surface area (Å²) in [5.41, 5.74) is 0.346. The fraction of sp³-hybridized carbons (Fsp3) is 0.467. The van der Waals surface area contributed by atoms with E-state index in [9.17, 15) is 13.2 Å². The standard InChI is InChI=1S/C15H15BrN2O3S/c16-14-7-12(4-3-11(14)8-17)22(20,21)18-15(19)13-6-9-1-2-10(13)5-9/h3-4,7,9-10,13H,1-2,5-6H2,(H,18,19). The number of benzene rings is 1. The van der Waals surface area contributed by atoms with E-state index in [0.717, 1.165) is 25.7 Å². The van der Waals surface area contributed by atoms with Crippen LogP contribution in [0.3, 0.4) is 0 Å². The summed E-state index contributed by atoms with van der Waals surface area (Å²) in [7, 11) is -3.90. The maximum absolute atomic E-state index is 12.3. The molecule has 7 heteroatoms. The van der Waals surface area contributed by atoms with Crippen molar-refractivity contribution in [2.75, 3.05) is 0 Å². The third-order valence-corrected chi connectivity index (χ3v) is 6.68. The molecule has 2 saturated carbocycles. The van der Waals surface area contributed by atoms with Crippen molar-refractivity contribution in [2.45, 2.75) is 30.6 Å². The van der Waals surface area contributed by atoms with E-state index in [4.69, 9.17) is 5.26 Å². The Morgan fingerprint density at radius 3 is 2.64 bits per heavy atom. The number of hydrogen-bond donors (Lipinski definition) is 1. The lowest BCUT2D eigenvalue weighted by Gasteiger charge is -2.20. The molecule has 116 valence electrons. The second-order valence-corrected chi connectivity index (χ2v) is 8.54. The van der Waals surface area contributed by atoms with Crippen LogP contribution in [0.1, 0.15) is 31.2 Å². The number of nitrogens with one attached hydrogen (secondary N) is 1. The van der Waals surface area contributed by atoms with E-state index >= 15 is 0 Å². The van der Waals surface area contributed by atoms with Crippen molar-refractivity contribution in [2.24, 2.45) is 17.8 Å². The summed E-state index contributed by atoms with van der Waals surface area (Å²) in [6, 6.07) is 6.04. The Morgan fingerprint density at radius 2 is 2.09 bits per heavy atom. The van der Waals surface area contributed by atoms with Gasteiger partial charge in [-0.1, -0.05) is 6.42 Å². The van der Waals surface area contributed by atoms with E-state index in [-0.39, 0.29) is 10.8 Å². The predicted molar refractivity (Wildman–Crippen MR) is 83.1 cm³/mol. The van der Waals surface area contributed by atoms with E-state index in [1.165, 1.54) is 18.2 Å². The van der Waals surface area contributed by atoms with Crippen LogP contribution in [0.2, 0.25) is 0 Å². The highest BCUT2D eigenvalue weighted by Gasteiger charge is 2.43. The molecule has 5 nitrogen and oxygen atoms in total. The highest BCUT2D eigenvalue weighted by molar-refractivity contribution is 9.10. The zero-order chi connectivity index (χ0) is 15.9. The molecule has 22 heavy (non-hydrogen) atoms. The van der Waals surface area contributed by atoms with Crippen LogP contribution >= 0.6 is 15.9 Å². The summed E-state index contributed by atoms with van der Waals surface area (Å²) in [5.74, 6) is 0.323. The largest absolute Gasteiger partial charge is 0.274 e. The molecule has 1 aromatic rings. The van der Waals surface area contributed by atoms with Gasteiger partial charge < -0.3 is 0 Å². The lowest BCUT2D eigenvalue weighted by atomic mass is 9.88. The third kappa shape index (κ3) is 2.77. The first-order valence-electron chi connectivity index (χ1n) is 7.17. The van der Waals surface area contributed by atoms with Gasteiger partial charge in [0.05, 0.1) is 10.5 Å². The smallest absolute Gasteiger partial charge is 0.264 e. The van der Waals surface area contributed by atoms with Crippen LogP contribution in [0, 0.1) is 29.1 Å². The first kappa shape index (κ1) is 15.5. The van der Waals surface area contributed by atoms with Crippen molar-refractivity contribution in [1.29, 1.82) is 5.26 Å². The zero-order valence-electron chi connectivity index (χ0n) is 11.8. The summed E-state index contributed by atoms with van der Waals surface area (Å²) >= 11 is 3.16. The van der Waals surface area contributed by atoms with Gasteiger partial charge in [0.25, 0.3) is 10.0 Å². The minimum Gasteiger partial charge on any atom is -0.274 e. The second kappa shape index (κ2) is 5.67. The van der Waals surface area contributed by atoms with Gasteiger partial charge >= 0.3 is 0 Å². The first-order chi connectivity index (χ1) is 10.4. The van der Waals surface area contributed by atoms with Gasteiger partial charge in [-0.15, -0.1) is 0 Å². The zero-order valence-corrected chi connectivity index (χ0v) is 14.2. The quantitative estimate of drug-likeness (QED) is 0.869. The Bertz CT molecular complexity index is 769. The molecule has 2 aliphatic carbocycles. The highest BCUT2D eigenvalue weighted by atomic mass is 79.9. The third-order valence-electron chi connectivity index (χ3n) is 4.68. The normalized spacial score (nSPS) is 26.6. The molecular formula is C15H15BrN2O3S. The Hall–Kier alpha value is -1.39. The number of nitriles is 1. The Labute approximate surface area is 137 Å². The fourth-order valence-corrected chi connectivity index (χ4v) is 5.26. The van der Waals surface area contributed by atoms with Gasteiger partial charge in [0.15, 0.2) is 0 Å². The van der Waals surface area contributed by atoms with Crippen LogP contribution in [-0.4, -0.2) is 14.3 Å². The van der Waals surface area contributed by atoms with Crippen molar-refractivity contribution >= 4 is 31.9 Å². The Morgan fingerprint density at radius 1 is 1.32 bits per heavy atom. The molecule has 3 rings (SSSR count). The lowest BCUT2D eigenvalue weighted by molar-refractivity contribution is -0.124. The molecule has 0 aliphatic heterocycles. The van der Waals surface area contributed by atoms with E-state index in [2.05, 4.69) is 20.7 Å². The van der Waals surface area contributed by atoms with E-state index in [1.807, 2.05) is 6.07 Å². The molecule has 0 saturated heterocycles. The van der Waals surface area contributed by atoms with Crippen LogP contribution in [-0.2, 0) is 14.8 Å². The average Bonchev–Trinajstić information content (AvgIpc) is 3.09. The molecule has 1 aromatic carbocycles. The summed E-state index contributed by atoms with van der Waals surface area (Å²) in [6.07, 6.45) is 4.01. The molecule has 3 atom stereocenters. The summed E-state index contributed by atoms with van der Waals surface area (Å²) < 4.78 is 27.2. The molecule has 1 N–H and O–H groups in total. The lowest BCUT2D eigenvalue weighted by Crippen LogP contribution is -2.37. The average molecular weight is 383 g/mol. The number of hydrogen-bond acceptors (Lipinski definition) is 4. The molecule has 2 bridgehead atoms. The highest BCUT2D eigenvalue weighted by Crippen LogP contribution is 2.48. The van der Waals surface area contributed by atoms with Crippen LogP contribution in [0.15, 0.2) is 27.6 Å². The minimum atomic E-state index is -3.90. The fourth-order valence-electron chi connectivity index (χ4n) is 3.59. The topological polar surface area (TPSA) is 87.0 Å². The van der Waals surface area contributed by atoms with Crippen LogP contribution in [0.5, 0.6) is 0 Å². The number of amides is 1. The van der Waals surface area contributed by atoms with E-state index in [1.54, 1.807) is 0 Å². The maximum Gasteiger partial charge on any atom is 0.264 e. The number of carbonyl (C=O) groups excluding carboxylic acids is 1. The van der Waals surface area contributed by atoms with Gasteiger partial charge in [0.1, 0.15) is 6.07 Å². The summed E-state index contributed by atoms with van der Waals surface area (Å²) in [4.78, 5) is 12.3. The molecule has 3 unspecified atom stereocenters. The van der Waals surface area contributed by atoms with Crippen molar-refractivity contribution in [3.63, 3.8) is 0 Å². The van der Waals surface area contributed by atoms with Gasteiger partial charge in [-0.25, -0.2) is 13.1 Å². The Balaban J connectivity index is 1.77. The Kier molecular flexibility index (Phi) is 4.00. The molecule has 1 amide bonds. The summed E-state index contributed by atoms with van der Waals surface area (Å²) in [5, 5.41) is 8.86. The number of rotatable bonds is 3. The minimum absolute atomic E-state index is 0.0186. The molecule has 0 radical (unpaired) electrons. The number of nitrogens with zero attached hydrogens (tertiary/aromatic N) is 1. The second-order valence-electron chi connectivity index (χ2n) is 6.00. The molecule has 0 spiro atoms. The molecule has 2 fully saturated rings. The van der Waals surface area contributed by atoms with Gasteiger partial charge in [-0.3, -0.25) is 4.79 Å². The van der Waals surface area contributed by atoms with Crippen LogP contribution < -0.4 is 4.72 Å². The van der Waals surface area contributed by atoms with Crippen molar-refractivity contribution in [1.82, 2.24) is 4.72 Å². The van der Waals surface area contributed by atoms with Crippen molar-refractivity contribution in [3.05, 3.63) is 28.2 Å². The maximum atomic E-state index is 12.3.